The minimum absolute atomic E-state index is 0.275. The van der Waals surface area contributed by atoms with Crippen LogP contribution in [-0.4, -0.2) is 25.7 Å². The van der Waals surface area contributed by atoms with Crippen LogP contribution in [0.15, 0.2) is 46.9 Å². The molecule has 29 heavy (non-hydrogen) atoms. The van der Waals surface area contributed by atoms with Crippen LogP contribution in [0.5, 0.6) is 0 Å². The van der Waals surface area contributed by atoms with Gasteiger partial charge in [0.2, 0.25) is 4.96 Å². The largest absolute Gasteiger partial charge is 0.451 e. The van der Waals surface area contributed by atoms with Gasteiger partial charge >= 0.3 is 0 Å². The summed E-state index contributed by atoms with van der Waals surface area (Å²) in [6.07, 6.45) is 0. The van der Waals surface area contributed by atoms with E-state index in [0.717, 1.165) is 37.9 Å². The highest BCUT2D eigenvalue weighted by atomic mass is 32.1. The molecule has 144 valence electrons. The number of nitrogens with one attached hydrogen (secondary N) is 1. The highest BCUT2D eigenvalue weighted by molar-refractivity contribution is 7.19. The smallest absolute Gasteiger partial charge is 0.291 e. The molecule has 5 rings (SSSR count). The van der Waals surface area contributed by atoms with Crippen LogP contribution in [0.25, 0.3) is 26.5 Å². The zero-order valence-electron chi connectivity index (χ0n) is 16.1. The quantitative estimate of drug-likeness (QED) is 0.469. The number of nitrogens with zero attached hydrogens (tertiary/aromatic N) is 4. The van der Waals surface area contributed by atoms with Crippen LogP contribution in [-0.2, 0) is 0 Å². The molecular formula is C21H17N5O2S. The van der Waals surface area contributed by atoms with Crippen molar-refractivity contribution < 1.29 is 9.21 Å². The minimum Gasteiger partial charge on any atom is -0.451 e. The average molecular weight is 403 g/mol. The lowest BCUT2D eigenvalue weighted by atomic mass is 10.1. The van der Waals surface area contributed by atoms with E-state index in [1.165, 1.54) is 11.3 Å². The number of hydrogen-bond donors (Lipinski definition) is 1. The Morgan fingerprint density at radius 1 is 1.10 bits per heavy atom. The number of aryl methyl sites for hydroxylation is 3. The van der Waals surface area contributed by atoms with Crippen molar-refractivity contribution in [2.45, 2.75) is 20.8 Å². The van der Waals surface area contributed by atoms with Gasteiger partial charge < -0.3 is 9.73 Å². The van der Waals surface area contributed by atoms with Gasteiger partial charge in [0.1, 0.15) is 10.6 Å². The SMILES string of the molecule is Cc1ccc2oc(C(=O)Nc3cccc(-c4nn5c(C)nnc5s4)c3)c(C)c2c1. The molecule has 3 aromatic heterocycles. The van der Waals surface area contributed by atoms with Crippen molar-refractivity contribution >= 4 is 38.9 Å². The van der Waals surface area contributed by atoms with Crippen LogP contribution in [0.1, 0.15) is 27.5 Å². The predicted molar refractivity (Wildman–Crippen MR) is 112 cm³/mol. The highest BCUT2D eigenvalue weighted by Gasteiger charge is 2.18. The summed E-state index contributed by atoms with van der Waals surface area (Å²) in [7, 11) is 0. The van der Waals surface area contributed by atoms with Crippen molar-refractivity contribution in [3.8, 4) is 10.6 Å². The van der Waals surface area contributed by atoms with Gasteiger partial charge in [-0.05, 0) is 45.0 Å². The van der Waals surface area contributed by atoms with Gasteiger partial charge in [-0.15, -0.1) is 10.2 Å². The zero-order chi connectivity index (χ0) is 20.1. The summed E-state index contributed by atoms with van der Waals surface area (Å²) >= 11 is 1.45. The van der Waals surface area contributed by atoms with Crippen LogP contribution in [0.3, 0.4) is 0 Å². The maximum absolute atomic E-state index is 12.8. The fraction of sp³-hybridized carbons (Fsp3) is 0.143. The van der Waals surface area contributed by atoms with E-state index in [1.807, 2.05) is 63.2 Å². The Bertz CT molecular complexity index is 1400. The number of carbonyl (C=O) groups is 1. The van der Waals surface area contributed by atoms with Crippen LogP contribution in [0, 0.1) is 20.8 Å². The van der Waals surface area contributed by atoms with Crippen molar-refractivity contribution in [3.63, 3.8) is 0 Å². The van der Waals surface area contributed by atoms with E-state index in [1.54, 1.807) is 4.52 Å². The molecular weight excluding hydrogens is 386 g/mol. The summed E-state index contributed by atoms with van der Waals surface area (Å²) in [4.78, 5) is 13.6. The molecule has 2 aromatic carbocycles. The Kier molecular flexibility index (Phi) is 3.95. The molecule has 0 aliphatic heterocycles. The molecule has 8 heteroatoms. The first-order valence-electron chi connectivity index (χ1n) is 9.10. The van der Waals surface area contributed by atoms with Gasteiger partial charge in [0.15, 0.2) is 11.6 Å². The summed E-state index contributed by atoms with van der Waals surface area (Å²) in [5, 5.41) is 17.4. The molecule has 0 spiro atoms. The second-order valence-corrected chi connectivity index (χ2v) is 7.90. The Morgan fingerprint density at radius 3 is 2.79 bits per heavy atom. The number of fused-ring (bicyclic) bond motifs is 2. The number of anilines is 1. The molecule has 0 bridgehead atoms. The van der Waals surface area contributed by atoms with Gasteiger partial charge in [0.05, 0.1) is 0 Å². The summed E-state index contributed by atoms with van der Waals surface area (Å²) in [5.41, 5.74) is 4.24. The number of aromatic nitrogens is 4. The summed E-state index contributed by atoms with van der Waals surface area (Å²) < 4.78 is 7.52. The molecule has 0 aliphatic carbocycles. The molecule has 0 saturated heterocycles. The molecule has 0 atom stereocenters. The summed E-state index contributed by atoms with van der Waals surface area (Å²) in [6.45, 7) is 5.78. The van der Waals surface area contributed by atoms with E-state index in [9.17, 15) is 4.79 Å². The molecule has 0 saturated carbocycles. The van der Waals surface area contributed by atoms with Gasteiger partial charge in [-0.3, -0.25) is 4.79 Å². The van der Waals surface area contributed by atoms with Crippen molar-refractivity contribution in [1.82, 2.24) is 19.8 Å². The third-order valence-electron chi connectivity index (χ3n) is 4.81. The van der Waals surface area contributed by atoms with Crippen LogP contribution in [0.2, 0.25) is 0 Å². The molecule has 0 aliphatic rings. The zero-order valence-corrected chi connectivity index (χ0v) is 16.9. The van der Waals surface area contributed by atoms with Gasteiger partial charge in [-0.2, -0.15) is 9.61 Å². The van der Waals surface area contributed by atoms with E-state index < -0.39 is 0 Å². The van der Waals surface area contributed by atoms with Gasteiger partial charge in [0.25, 0.3) is 5.91 Å². The average Bonchev–Trinajstić information content (AvgIpc) is 3.37. The van der Waals surface area contributed by atoms with Crippen molar-refractivity contribution in [2.75, 3.05) is 5.32 Å². The van der Waals surface area contributed by atoms with Gasteiger partial charge in [0, 0.05) is 22.2 Å². The first-order chi connectivity index (χ1) is 14.0. The number of rotatable bonds is 3. The Labute approximate surface area is 170 Å². The predicted octanol–water partition coefficient (Wildman–Crippen LogP) is 4.78. The van der Waals surface area contributed by atoms with Gasteiger partial charge in [-0.1, -0.05) is 35.1 Å². The number of hydrogen-bond acceptors (Lipinski definition) is 6. The fourth-order valence-corrected chi connectivity index (χ4v) is 4.18. The lowest BCUT2D eigenvalue weighted by molar-refractivity contribution is 0.0998. The van der Waals surface area contributed by atoms with E-state index in [4.69, 9.17) is 4.42 Å². The van der Waals surface area contributed by atoms with Crippen LogP contribution < -0.4 is 5.32 Å². The topological polar surface area (TPSA) is 85.3 Å². The summed E-state index contributed by atoms with van der Waals surface area (Å²) in [6, 6.07) is 13.5. The van der Waals surface area contributed by atoms with E-state index in [0.29, 0.717) is 17.0 Å². The van der Waals surface area contributed by atoms with E-state index >= 15 is 0 Å². The molecule has 0 radical (unpaired) electrons. The van der Waals surface area contributed by atoms with E-state index in [-0.39, 0.29) is 5.91 Å². The Morgan fingerprint density at radius 2 is 1.97 bits per heavy atom. The normalized spacial score (nSPS) is 11.4. The van der Waals surface area contributed by atoms with Crippen molar-refractivity contribution in [3.05, 3.63) is 65.2 Å². The third kappa shape index (κ3) is 2.98. The highest BCUT2D eigenvalue weighted by Crippen LogP contribution is 2.29. The molecule has 0 fully saturated rings. The van der Waals surface area contributed by atoms with Crippen molar-refractivity contribution in [1.29, 1.82) is 0 Å². The molecule has 1 N–H and O–H groups in total. The first-order valence-corrected chi connectivity index (χ1v) is 9.91. The summed E-state index contributed by atoms with van der Waals surface area (Å²) in [5.74, 6) is 0.787. The number of carbonyl (C=O) groups excluding carboxylic acids is 1. The second kappa shape index (κ2) is 6.52. The third-order valence-corrected chi connectivity index (χ3v) is 5.76. The molecule has 3 heterocycles. The van der Waals surface area contributed by atoms with Crippen LogP contribution in [0.4, 0.5) is 5.69 Å². The monoisotopic (exact) mass is 403 g/mol. The van der Waals surface area contributed by atoms with Crippen molar-refractivity contribution in [2.24, 2.45) is 0 Å². The lowest BCUT2D eigenvalue weighted by Crippen LogP contribution is -2.12. The van der Waals surface area contributed by atoms with Crippen LogP contribution >= 0.6 is 11.3 Å². The fourth-order valence-electron chi connectivity index (χ4n) is 3.30. The molecule has 1 amide bonds. The number of benzene rings is 2. The number of furan rings is 1. The minimum atomic E-state index is -0.275. The molecule has 7 nitrogen and oxygen atoms in total. The lowest BCUT2D eigenvalue weighted by Gasteiger charge is -2.05. The molecule has 0 unspecified atom stereocenters. The maximum atomic E-state index is 12.8. The van der Waals surface area contributed by atoms with E-state index in [2.05, 4.69) is 20.6 Å². The second-order valence-electron chi connectivity index (χ2n) is 6.94. The first kappa shape index (κ1) is 17.6. The number of amides is 1. The van der Waals surface area contributed by atoms with Gasteiger partial charge in [-0.25, -0.2) is 0 Å². The Balaban J connectivity index is 1.45. The standard InChI is InChI=1S/C21H17N5O2S/c1-11-7-8-17-16(9-11)12(2)18(28-17)19(27)22-15-6-4-5-14(10-15)20-25-26-13(3)23-24-21(26)29-20/h4-10H,1-3H3,(H,22,27). The molecule has 5 aromatic rings. The maximum Gasteiger partial charge on any atom is 0.291 e. The Hall–Kier alpha value is -3.52.